The van der Waals surface area contributed by atoms with Gasteiger partial charge < -0.3 is 4.42 Å². The number of aromatic nitrogens is 2. The van der Waals surface area contributed by atoms with Gasteiger partial charge >= 0.3 is 0 Å². The molecule has 0 unspecified atom stereocenters. The zero-order valence-electron chi connectivity index (χ0n) is 33.3. The lowest BCUT2D eigenvalue weighted by Gasteiger charge is -2.22. The normalized spacial score (nSPS) is 13.0. The van der Waals surface area contributed by atoms with E-state index in [9.17, 15) is 0 Å². The average Bonchev–Trinajstić information content (AvgIpc) is 3.80. The largest absolute Gasteiger partial charge is 0.456 e. The predicted molar refractivity (Wildman–Crippen MR) is 249 cm³/mol. The highest BCUT2D eigenvalue weighted by Gasteiger charge is 2.37. The van der Waals surface area contributed by atoms with Crippen LogP contribution in [0.25, 0.3) is 111 Å². The Morgan fingerprint density at radius 2 is 1.02 bits per heavy atom. The van der Waals surface area contributed by atoms with Crippen LogP contribution in [0.2, 0.25) is 0 Å². The lowest BCUT2D eigenvalue weighted by molar-refractivity contribution is 0.661. The van der Waals surface area contributed by atoms with E-state index in [0.717, 1.165) is 66.7 Å². The second kappa shape index (κ2) is 13.2. The van der Waals surface area contributed by atoms with Gasteiger partial charge in [0.25, 0.3) is 0 Å². The highest BCUT2D eigenvalue weighted by Crippen LogP contribution is 2.54. The summed E-state index contributed by atoms with van der Waals surface area (Å²) in [4.78, 5) is 10.6. The molecule has 0 aliphatic heterocycles. The van der Waals surface area contributed by atoms with Crippen LogP contribution in [0.1, 0.15) is 25.0 Å². The van der Waals surface area contributed by atoms with Gasteiger partial charge in [0, 0.05) is 32.9 Å². The summed E-state index contributed by atoms with van der Waals surface area (Å²) in [6.45, 7) is 4.72. The summed E-state index contributed by atoms with van der Waals surface area (Å²) in [5.74, 6) is 0.689. The predicted octanol–water partition coefficient (Wildman–Crippen LogP) is 15.3. The van der Waals surface area contributed by atoms with Gasteiger partial charge in [0.05, 0.1) is 11.4 Å². The molecule has 11 aromatic rings. The van der Waals surface area contributed by atoms with E-state index in [0.29, 0.717) is 5.82 Å². The van der Waals surface area contributed by atoms with Gasteiger partial charge in [-0.2, -0.15) is 0 Å². The van der Waals surface area contributed by atoms with Crippen molar-refractivity contribution >= 4 is 43.5 Å². The lowest BCUT2D eigenvalue weighted by Crippen LogP contribution is -2.14. The Hall–Kier alpha value is -7.62. The number of hydrogen-bond donors (Lipinski definition) is 0. The molecule has 2 aromatic heterocycles. The second-order valence-electron chi connectivity index (χ2n) is 16.5. The van der Waals surface area contributed by atoms with Crippen molar-refractivity contribution in [3.05, 3.63) is 205 Å². The number of rotatable bonds is 5. The van der Waals surface area contributed by atoms with Gasteiger partial charge in [0.2, 0.25) is 0 Å². The molecular formula is C57H38N2O. The third kappa shape index (κ3) is 5.29. The van der Waals surface area contributed by atoms with Gasteiger partial charge in [-0.25, -0.2) is 9.97 Å². The van der Waals surface area contributed by atoms with Crippen LogP contribution < -0.4 is 0 Å². The van der Waals surface area contributed by atoms with Crippen molar-refractivity contribution in [2.24, 2.45) is 0 Å². The van der Waals surface area contributed by atoms with E-state index in [-0.39, 0.29) is 5.41 Å². The fourth-order valence-electron chi connectivity index (χ4n) is 9.76. The summed E-state index contributed by atoms with van der Waals surface area (Å²) in [6.07, 6.45) is 0. The molecule has 2 heterocycles. The monoisotopic (exact) mass is 766 g/mol. The summed E-state index contributed by atoms with van der Waals surface area (Å²) in [7, 11) is 0. The highest BCUT2D eigenvalue weighted by atomic mass is 16.3. The quantitative estimate of drug-likeness (QED) is 0.175. The Labute approximate surface area is 348 Å². The summed E-state index contributed by atoms with van der Waals surface area (Å²) in [5, 5.41) is 7.17. The van der Waals surface area contributed by atoms with Crippen LogP contribution >= 0.6 is 0 Å². The zero-order chi connectivity index (χ0) is 40.0. The molecule has 60 heavy (non-hydrogen) atoms. The topological polar surface area (TPSA) is 38.9 Å². The first kappa shape index (κ1) is 34.4. The Balaban J connectivity index is 1.05. The molecule has 3 heteroatoms. The van der Waals surface area contributed by atoms with E-state index in [1.54, 1.807) is 0 Å². The number of hydrogen-bond acceptors (Lipinski definition) is 3. The third-order valence-corrected chi connectivity index (χ3v) is 12.7. The van der Waals surface area contributed by atoms with Gasteiger partial charge in [-0.15, -0.1) is 0 Å². The lowest BCUT2D eigenvalue weighted by atomic mass is 9.81. The van der Waals surface area contributed by atoms with Gasteiger partial charge in [-0.3, -0.25) is 0 Å². The van der Waals surface area contributed by atoms with Crippen LogP contribution in [-0.4, -0.2) is 9.97 Å². The molecule has 1 aliphatic carbocycles. The molecule has 0 atom stereocenters. The molecule has 1 aliphatic rings. The molecule has 282 valence electrons. The Morgan fingerprint density at radius 1 is 0.383 bits per heavy atom. The van der Waals surface area contributed by atoms with Crippen molar-refractivity contribution in [2.75, 3.05) is 0 Å². The molecule has 0 spiro atoms. The van der Waals surface area contributed by atoms with Crippen LogP contribution in [0.3, 0.4) is 0 Å². The van der Waals surface area contributed by atoms with Crippen molar-refractivity contribution in [2.45, 2.75) is 19.3 Å². The zero-order valence-corrected chi connectivity index (χ0v) is 33.3. The maximum Gasteiger partial charge on any atom is 0.160 e. The number of furan rings is 1. The fourth-order valence-corrected chi connectivity index (χ4v) is 9.76. The highest BCUT2D eigenvalue weighted by molar-refractivity contribution is 6.22. The summed E-state index contributed by atoms with van der Waals surface area (Å²) >= 11 is 0. The van der Waals surface area contributed by atoms with E-state index in [1.807, 2.05) is 6.07 Å². The first-order valence-corrected chi connectivity index (χ1v) is 20.6. The first-order valence-electron chi connectivity index (χ1n) is 20.6. The van der Waals surface area contributed by atoms with Gasteiger partial charge in [-0.1, -0.05) is 172 Å². The number of nitrogens with zero attached hydrogens (tertiary/aromatic N) is 2. The molecule has 0 saturated heterocycles. The van der Waals surface area contributed by atoms with Crippen LogP contribution in [-0.2, 0) is 5.41 Å². The van der Waals surface area contributed by atoms with Crippen molar-refractivity contribution in [3.63, 3.8) is 0 Å². The van der Waals surface area contributed by atoms with E-state index >= 15 is 0 Å². The van der Waals surface area contributed by atoms with E-state index in [2.05, 4.69) is 202 Å². The molecule has 0 bridgehead atoms. The molecule has 3 nitrogen and oxygen atoms in total. The van der Waals surface area contributed by atoms with E-state index in [4.69, 9.17) is 14.4 Å². The standard InChI is InChI=1S/C57H38N2O/c1-57(2)47-27-13-26-45(53(47)46-32-37-18-6-7-19-38(37)33-48(46)57)43-23-10-11-24-44(43)50-34-49(58-56(59-50)36-16-4-3-5-17-36)40-21-12-20-39(31-40)42-25-14-28-51-55(42)54-41-22-9-8-15-35(41)29-30-52(54)60-51/h3-34H,1-2H3. The Morgan fingerprint density at radius 3 is 1.88 bits per heavy atom. The van der Waals surface area contributed by atoms with E-state index < -0.39 is 0 Å². The number of fused-ring (bicyclic) bond motifs is 9. The Bertz CT molecular complexity index is 3520. The molecule has 9 aromatic carbocycles. The van der Waals surface area contributed by atoms with Crippen molar-refractivity contribution in [1.82, 2.24) is 9.97 Å². The molecule has 12 rings (SSSR count). The molecular weight excluding hydrogens is 729 g/mol. The van der Waals surface area contributed by atoms with Crippen LogP contribution in [0.4, 0.5) is 0 Å². The maximum atomic E-state index is 6.47. The smallest absolute Gasteiger partial charge is 0.160 e. The summed E-state index contributed by atoms with van der Waals surface area (Å²) in [6, 6.07) is 69.4. The SMILES string of the molecule is CC1(C)c2cc3ccccc3cc2-c2c(-c3ccccc3-c3cc(-c4cccc(-c5cccc6oc7ccc8ccccc8c7c56)c4)nc(-c4ccccc4)n3)cccc21. The summed E-state index contributed by atoms with van der Waals surface area (Å²) in [5.41, 5.74) is 16.3. The first-order chi connectivity index (χ1) is 29.5. The average molecular weight is 767 g/mol. The minimum absolute atomic E-state index is 0.145. The molecule has 0 N–H and O–H groups in total. The minimum atomic E-state index is -0.145. The summed E-state index contributed by atoms with van der Waals surface area (Å²) < 4.78 is 6.47. The van der Waals surface area contributed by atoms with Crippen LogP contribution in [0.5, 0.6) is 0 Å². The minimum Gasteiger partial charge on any atom is -0.456 e. The maximum absolute atomic E-state index is 6.47. The number of benzene rings is 9. The van der Waals surface area contributed by atoms with Crippen molar-refractivity contribution in [3.8, 4) is 67.3 Å². The van der Waals surface area contributed by atoms with Crippen LogP contribution in [0.15, 0.2) is 199 Å². The molecule has 0 saturated carbocycles. The van der Waals surface area contributed by atoms with Gasteiger partial charge in [-0.05, 0) is 102 Å². The van der Waals surface area contributed by atoms with Crippen LogP contribution in [0, 0.1) is 0 Å². The van der Waals surface area contributed by atoms with Crippen molar-refractivity contribution < 1.29 is 4.42 Å². The van der Waals surface area contributed by atoms with Crippen molar-refractivity contribution in [1.29, 1.82) is 0 Å². The van der Waals surface area contributed by atoms with Gasteiger partial charge in [0.1, 0.15) is 11.2 Å². The molecule has 0 radical (unpaired) electrons. The van der Waals surface area contributed by atoms with E-state index in [1.165, 1.54) is 49.4 Å². The van der Waals surface area contributed by atoms with Gasteiger partial charge in [0.15, 0.2) is 5.82 Å². The third-order valence-electron chi connectivity index (χ3n) is 12.7. The Kier molecular flexibility index (Phi) is 7.58. The molecule has 0 fully saturated rings. The molecule has 0 amide bonds. The fraction of sp³-hybridized carbons (Fsp3) is 0.0526. The second-order valence-corrected chi connectivity index (χ2v) is 16.5.